The van der Waals surface area contributed by atoms with Crippen LogP contribution in [0.1, 0.15) is 11.4 Å². The number of para-hydroxylation sites is 1. The molecule has 138 valence electrons. The Morgan fingerprint density at radius 1 is 0.964 bits per heavy atom. The Hall–Kier alpha value is -2.89. The maximum Gasteiger partial charge on any atom is 0.280 e. The van der Waals surface area contributed by atoms with Gasteiger partial charge in [0.1, 0.15) is 0 Å². The number of rotatable bonds is 4. The zero-order chi connectivity index (χ0) is 19.5. The van der Waals surface area contributed by atoms with E-state index in [9.17, 15) is 4.79 Å². The summed E-state index contributed by atoms with van der Waals surface area (Å²) in [6.45, 7) is 0. The van der Waals surface area contributed by atoms with Crippen LogP contribution in [0.2, 0.25) is 5.02 Å². The minimum Gasteiger partial charge on any atom is -0.290 e. The first-order valence-corrected chi connectivity index (χ1v) is 9.76. The molecule has 6 heteroatoms. The molecule has 4 aromatic rings. The third-order valence-corrected chi connectivity index (χ3v) is 5.03. The molecule has 3 aromatic carbocycles. The van der Waals surface area contributed by atoms with Gasteiger partial charge < -0.3 is 0 Å². The number of aromatic nitrogens is 2. The van der Waals surface area contributed by atoms with Crippen molar-refractivity contribution in [2.24, 2.45) is 0 Å². The van der Waals surface area contributed by atoms with Gasteiger partial charge in [0.2, 0.25) is 0 Å². The molecule has 1 N–H and O–H groups in total. The molecule has 0 saturated carbocycles. The minimum absolute atomic E-state index is 0.186. The van der Waals surface area contributed by atoms with Gasteiger partial charge in [-0.05, 0) is 54.1 Å². The Morgan fingerprint density at radius 2 is 1.71 bits per heavy atom. The normalized spacial score (nSPS) is 11.2. The molecule has 28 heavy (non-hydrogen) atoms. The lowest BCUT2D eigenvalue weighted by Gasteiger charge is -2.13. The second-order valence-corrected chi connectivity index (χ2v) is 7.43. The molecule has 4 nitrogen and oxygen atoms in total. The van der Waals surface area contributed by atoms with E-state index in [2.05, 4.69) is 26.3 Å². The van der Waals surface area contributed by atoms with Gasteiger partial charge in [0.05, 0.1) is 16.6 Å². The number of anilines is 1. The molecule has 1 heterocycles. The summed E-state index contributed by atoms with van der Waals surface area (Å²) in [7, 11) is 0. The lowest BCUT2D eigenvalue weighted by molar-refractivity contribution is 0.864. The van der Waals surface area contributed by atoms with Crippen LogP contribution < -0.4 is 11.0 Å². The SMILES string of the molecule is O=c1c2cc(Br)ccc2nc(/C=C/c2ccccc2Cl)n1Nc1ccccc1. The number of benzene rings is 3. The maximum atomic E-state index is 13.2. The molecule has 0 atom stereocenters. The van der Waals surface area contributed by atoms with Crippen LogP contribution in [-0.2, 0) is 0 Å². The summed E-state index contributed by atoms with van der Waals surface area (Å²) < 4.78 is 2.27. The van der Waals surface area contributed by atoms with Crippen LogP contribution in [0.4, 0.5) is 5.69 Å². The Labute approximate surface area is 175 Å². The predicted octanol–water partition coefficient (Wildman–Crippen LogP) is 5.86. The summed E-state index contributed by atoms with van der Waals surface area (Å²) >= 11 is 9.66. The van der Waals surface area contributed by atoms with Crippen molar-refractivity contribution in [3.63, 3.8) is 0 Å². The average molecular weight is 453 g/mol. The molecule has 0 aliphatic heterocycles. The van der Waals surface area contributed by atoms with Gasteiger partial charge in [0.15, 0.2) is 5.82 Å². The summed E-state index contributed by atoms with van der Waals surface area (Å²) in [5.74, 6) is 0.476. The molecular formula is C22H15BrClN3O. The molecule has 0 amide bonds. The molecule has 4 rings (SSSR count). The molecule has 0 unspecified atom stereocenters. The summed E-state index contributed by atoms with van der Waals surface area (Å²) in [6, 6.07) is 22.5. The molecule has 0 aliphatic rings. The van der Waals surface area contributed by atoms with Gasteiger partial charge >= 0.3 is 0 Å². The Morgan fingerprint density at radius 3 is 2.50 bits per heavy atom. The fraction of sp³-hybridized carbons (Fsp3) is 0. The van der Waals surface area contributed by atoms with Gasteiger partial charge in [0.25, 0.3) is 5.56 Å². The highest BCUT2D eigenvalue weighted by Gasteiger charge is 2.10. The minimum atomic E-state index is -0.186. The number of nitrogens with one attached hydrogen (secondary N) is 1. The first-order chi connectivity index (χ1) is 13.6. The molecule has 0 saturated heterocycles. The highest BCUT2D eigenvalue weighted by molar-refractivity contribution is 9.10. The van der Waals surface area contributed by atoms with Gasteiger partial charge in [-0.1, -0.05) is 63.9 Å². The molecule has 0 spiro atoms. The number of hydrogen-bond donors (Lipinski definition) is 1. The molecular weight excluding hydrogens is 438 g/mol. The summed E-state index contributed by atoms with van der Waals surface area (Å²) in [5.41, 5.74) is 5.22. The maximum absolute atomic E-state index is 13.2. The van der Waals surface area contributed by atoms with Crippen molar-refractivity contribution in [1.29, 1.82) is 0 Å². The van der Waals surface area contributed by atoms with E-state index in [-0.39, 0.29) is 5.56 Å². The van der Waals surface area contributed by atoms with Crippen LogP contribution in [0.5, 0.6) is 0 Å². The zero-order valence-corrected chi connectivity index (χ0v) is 17.0. The molecule has 0 fully saturated rings. The lowest BCUT2D eigenvalue weighted by Crippen LogP contribution is -2.29. The Balaban J connectivity index is 1.88. The van der Waals surface area contributed by atoms with Gasteiger partial charge in [-0.2, -0.15) is 0 Å². The number of hydrogen-bond acceptors (Lipinski definition) is 3. The number of nitrogens with zero attached hydrogens (tertiary/aromatic N) is 2. The van der Waals surface area contributed by atoms with Crippen molar-refractivity contribution in [3.8, 4) is 0 Å². The average Bonchev–Trinajstić information content (AvgIpc) is 2.71. The largest absolute Gasteiger partial charge is 0.290 e. The molecule has 1 aromatic heterocycles. The van der Waals surface area contributed by atoms with E-state index in [4.69, 9.17) is 11.6 Å². The highest BCUT2D eigenvalue weighted by Crippen LogP contribution is 2.20. The van der Waals surface area contributed by atoms with E-state index in [1.807, 2.05) is 72.8 Å². The molecule has 0 aliphatic carbocycles. The Kier molecular flexibility index (Phi) is 5.28. The molecule has 0 bridgehead atoms. The summed E-state index contributed by atoms with van der Waals surface area (Å²) in [5, 5.41) is 1.15. The van der Waals surface area contributed by atoms with Crippen LogP contribution in [0.3, 0.4) is 0 Å². The Bertz CT molecular complexity index is 1240. The first kappa shape index (κ1) is 18.5. The lowest BCUT2D eigenvalue weighted by atomic mass is 10.2. The fourth-order valence-electron chi connectivity index (χ4n) is 2.81. The van der Waals surface area contributed by atoms with Crippen LogP contribution in [0.15, 0.2) is 82.1 Å². The number of fused-ring (bicyclic) bond motifs is 1. The number of halogens is 2. The topological polar surface area (TPSA) is 46.9 Å². The van der Waals surface area contributed by atoms with Crippen molar-refractivity contribution in [1.82, 2.24) is 9.66 Å². The van der Waals surface area contributed by atoms with Crippen LogP contribution in [-0.4, -0.2) is 9.66 Å². The summed E-state index contributed by atoms with van der Waals surface area (Å²) in [6.07, 6.45) is 3.62. The van der Waals surface area contributed by atoms with Gasteiger partial charge in [-0.25, -0.2) is 9.66 Å². The van der Waals surface area contributed by atoms with Crippen LogP contribution >= 0.6 is 27.5 Å². The van der Waals surface area contributed by atoms with Crippen molar-refractivity contribution in [3.05, 3.63) is 104 Å². The van der Waals surface area contributed by atoms with Crippen molar-refractivity contribution in [2.75, 3.05) is 5.43 Å². The highest BCUT2D eigenvalue weighted by atomic mass is 79.9. The van der Waals surface area contributed by atoms with E-state index < -0.39 is 0 Å². The zero-order valence-electron chi connectivity index (χ0n) is 14.6. The third kappa shape index (κ3) is 3.86. The van der Waals surface area contributed by atoms with Crippen LogP contribution in [0.25, 0.3) is 23.1 Å². The van der Waals surface area contributed by atoms with E-state index in [1.54, 1.807) is 12.1 Å². The van der Waals surface area contributed by atoms with E-state index in [0.29, 0.717) is 21.7 Å². The smallest absolute Gasteiger partial charge is 0.280 e. The third-order valence-electron chi connectivity index (χ3n) is 4.19. The van der Waals surface area contributed by atoms with Gasteiger partial charge in [-0.3, -0.25) is 10.2 Å². The quantitative estimate of drug-likeness (QED) is 0.422. The monoisotopic (exact) mass is 451 g/mol. The van der Waals surface area contributed by atoms with Crippen molar-refractivity contribution < 1.29 is 0 Å². The predicted molar refractivity (Wildman–Crippen MR) is 120 cm³/mol. The van der Waals surface area contributed by atoms with E-state index in [0.717, 1.165) is 15.7 Å². The first-order valence-electron chi connectivity index (χ1n) is 8.59. The standard InChI is InChI=1S/C22H15BrClN3O/c23-16-11-12-20-18(14-16)22(28)27(26-17-7-2-1-3-8-17)21(25-20)13-10-15-6-4-5-9-19(15)24/h1-14,26H/b13-10+. The second kappa shape index (κ2) is 8.00. The second-order valence-electron chi connectivity index (χ2n) is 6.10. The summed E-state index contributed by atoms with van der Waals surface area (Å²) in [4.78, 5) is 17.8. The van der Waals surface area contributed by atoms with Crippen molar-refractivity contribution >= 4 is 56.3 Å². The van der Waals surface area contributed by atoms with Gasteiger partial charge in [-0.15, -0.1) is 0 Å². The van der Waals surface area contributed by atoms with Crippen LogP contribution in [0, 0.1) is 0 Å². The molecule has 0 radical (unpaired) electrons. The van der Waals surface area contributed by atoms with E-state index in [1.165, 1.54) is 4.68 Å². The fourth-order valence-corrected chi connectivity index (χ4v) is 3.37. The van der Waals surface area contributed by atoms with E-state index >= 15 is 0 Å². The van der Waals surface area contributed by atoms with Crippen molar-refractivity contribution in [2.45, 2.75) is 0 Å². The van der Waals surface area contributed by atoms with Gasteiger partial charge in [0, 0.05) is 9.50 Å².